The minimum Gasteiger partial charge on any atom is -0.492 e. The summed E-state index contributed by atoms with van der Waals surface area (Å²) >= 11 is 11.7. The first-order chi connectivity index (χ1) is 10.1. The molecule has 1 N–H and O–H groups in total. The van der Waals surface area contributed by atoms with Gasteiger partial charge in [0.15, 0.2) is 0 Å². The zero-order valence-corrected chi connectivity index (χ0v) is 12.4. The fraction of sp³-hybridized carbons (Fsp3) is 0.143. The van der Waals surface area contributed by atoms with Gasteiger partial charge in [-0.3, -0.25) is 10.1 Å². The van der Waals surface area contributed by atoms with E-state index < -0.39 is 4.92 Å². The second-order valence-corrected chi connectivity index (χ2v) is 4.97. The van der Waals surface area contributed by atoms with Crippen LogP contribution in [-0.4, -0.2) is 18.1 Å². The highest BCUT2D eigenvalue weighted by Crippen LogP contribution is 2.24. The first kappa shape index (κ1) is 15.4. The van der Waals surface area contributed by atoms with E-state index in [0.717, 1.165) is 5.69 Å². The van der Waals surface area contributed by atoms with Gasteiger partial charge in [-0.1, -0.05) is 23.2 Å². The number of rotatable bonds is 6. The van der Waals surface area contributed by atoms with Gasteiger partial charge in [-0.2, -0.15) is 0 Å². The Morgan fingerprint density at radius 1 is 1.10 bits per heavy atom. The lowest BCUT2D eigenvalue weighted by Crippen LogP contribution is -2.11. The molecule has 0 aliphatic carbocycles. The van der Waals surface area contributed by atoms with Gasteiger partial charge < -0.3 is 10.1 Å². The average Bonchev–Trinajstić information content (AvgIpc) is 2.47. The lowest BCUT2D eigenvalue weighted by molar-refractivity contribution is -0.384. The van der Waals surface area contributed by atoms with E-state index in [9.17, 15) is 10.1 Å². The van der Waals surface area contributed by atoms with Gasteiger partial charge >= 0.3 is 0 Å². The van der Waals surface area contributed by atoms with Crippen LogP contribution in [0.15, 0.2) is 42.5 Å². The van der Waals surface area contributed by atoms with Crippen molar-refractivity contribution in [3.8, 4) is 5.75 Å². The maximum absolute atomic E-state index is 10.5. The molecule has 7 heteroatoms. The number of hydrogen-bond donors (Lipinski definition) is 1. The molecule has 0 saturated carbocycles. The van der Waals surface area contributed by atoms with Gasteiger partial charge in [-0.25, -0.2) is 0 Å². The summed E-state index contributed by atoms with van der Waals surface area (Å²) < 4.78 is 5.47. The largest absolute Gasteiger partial charge is 0.492 e. The smallest absolute Gasteiger partial charge is 0.269 e. The van der Waals surface area contributed by atoms with Crippen molar-refractivity contribution in [1.82, 2.24) is 0 Å². The van der Waals surface area contributed by atoms with Crippen LogP contribution in [0, 0.1) is 10.1 Å². The molecule has 0 heterocycles. The monoisotopic (exact) mass is 326 g/mol. The molecule has 0 radical (unpaired) electrons. The van der Waals surface area contributed by atoms with E-state index in [4.69, 9.17) is 27.9 Å². The van der Waals surface area contributed by atoms with Crippen molar-refractivity contribution in [3.63, 3.8) is 0 Å². The van der Waals surface area contributed by atoms with E-state index in [1.807, 2.05) is 6.07 Å². The van der Waals surface area contributed by atoms with Crippen LogP contribution in [-0.2, 0) is 0 Å². The number of halogens is 2. The quantitative estimate of drug-likeness (QED) is 0.485. The van der Waals surface area contributed by atoms with Crippen LogP contribution < -0.4 is 10.1 Å². The summed E-state index contributed by atoms with van der Waals surface area (Å²) in [6.07, 6.45) is 0. The molecule has 110 valence electrons. The maximum atomic E-state index is 10.5. The van der Waals surface area contributed by atoms with E-state index in [1.54, 1.807) is 24.3 Å². The summed E-state index contributed by atoms with van der Waals surface area (Å²) in [5.74, 6) is 0.580. The van der Waals surface area contributed by atoms with Gasteiger partial charge in [0.1, 0.15) is 12.4 Å². The normalized spacial score (nSPS) is 10.2. The highest BCUT2D eigenvalue weighted by molar-refractivity contribution is 6.42. The van der Waals surface area contributed by atoms with Crippen molar-refractivity contribution in [2.75, 3.05) is 18.5 Å². The number of benzene rings is 2. The van der Waals surface area contributed by atoms with E-state index in [-0.39, 0.29) is 5.69 Å². The Morgan fingerprint density at radius 2 is 1.81 bits per heavy atom. The molecule has 0 fully saturated rings. The Kier molecular flexibility index (Phi) is 5.25. The van der Waals surface area contributed by atoms with E-state index in [0.29, 0.717) is 28.9 Å². The molecule has 0 spiro atoms. The predicted molar refractivity (Wildman–Crippen MR) is 83.5 cm³/mol. The number of nitrogens with zero attached hydrogens (tertiary/aromatic N) is 1. The van der Waals surface area contributed by atoms with Crippen LogP contribution in [0.1, 0.15) is 0 Å². The SMILES string of the molecule is O=[N+]([O-])c1ccc(OCCNc2ccc(Cl)c(Cl)c2)cc1. The first-order valence-electron chi connectivity index (χ1n) is 6.12. The van der Waals surface area contributed by atoms with Crippen molar-refractivity contribution >= 4 is 34.6 Å². The number of hydrogen-bond acceptors (Lipinski definition) is 4. The highest BCUT2D eigenvalue weighted by Gasteiger charge is 2.04. The molecule has 0 aliphatic rings. The minimum atomic E-state index is -0.449. The summed E-state index contributed by atoms with van der Waals surface area (Å²) in [5.41, 5.74) is 0.882. The number of non-ortho nitro benzene ring substituents is 1. The van der Waals surface area contributed by atoms with Crippen LogP contribution in [0.2, 0.25) is 10.0 Å². The number of nitro groups is 1. The molecule has 2 aromatic rings. The number of ether oxygens (including phenoxy) is 1. The Morgan fingerprint density at radius 3 is 2.43 bits per heavy atom. The Bertz CT molecular complexity index is 633. The van der Waals surface area contributed by atoms with Crippen LogP contribution in [0.3, 0.4) is 0 Å². The third-order valence-corrected chi connectivity index (χ3v) is 3.41. The van der Waals surface area contributed by atoms with Crippen molar-refractivity contribution in [3.05, 3.63) is 62.6 Å². The van der Waals surface area contributed by atoms with Crippen molar-refractivity contribution in [1.29, 1.82) is 0 Å². The second-order valence-electron chi connectivity index (χ2n) is 4.16. The Labute approximate surface area is 131 Å². The standard InChI is InChI=1S/C14H12Cl2N2O3/c15-13-6-1-10(9-14(13)16)17-7-8-21-12-4-2-11(3-5-12)18(19)20/h1-6,9,17H,7-8H2. The first-order valence-corrected chi connectivity index (χ1v) is 6.88. The van der Waals surface area contributed by atoms with Gasteiger partial charge in [-0.15, -0.1) is 0 Å². The molecule has 0 bridgehead atoms. The number of anilines is 1. The van der Waals surface area contributed by atoms with Gasteiger partial charge in [0.25, 0.3) is 5.69 Å². The van der Waals surface area contributed by atoms with Crippen LogP contribution >= 0.6 is 23.2 Å². The number of nitro benzene ring substituents is 1. The van der Waals surface area contributed by atoms with Gasteiger partial charge in [0.2, 0.25) is 0 Å². The zero-order chi connectivity index (χ0) is 15.2. The fourth-order valence-corrected chi connectivity index (χ4v) is 1.93. The molecule has 0 saturated heterocycles. The van der Waals surface area contributed by atoms with E-state index in [1.165, 1.54) is 12.1 Å². The maximum Gasteiger partial charge on any atom is 0.269 e. The van der Waals surface area contributed by atoms with Gasteiger partial charge in [-0.05, 0) is 30.3 Å². The van der Waals surface area contributed by atoms with Gasteiger partial charge in [0.05, 0.1) is 15.0 Å². The third-order valence-electron chi connectivity index (χ3n) is 2.67. The Balaban J connectivity index is 1.79. The Hall–Kier alpha value is -1.98. The molecule has 0 atom stereocenters. The van der Waals surface area contributed by atoms with Crippen LogP contribution in [0.4, 0.5) is 11.4 Å². The molecular formula is C14H12Cl2N2O3. The summed E-state index contributed by atoms with van der Waals surface area (Å²) in [4.78, 5) is 10.1. The highest BCUT2D eigenvalue weighted by atomic mass is 35.5. The number of nitrogens with one attached hydrogen (secondary N) is 1. The molecule has 2 aromatic carbocycles. The molecule has 2 rings (SSSR count). The van der Waals surface area contributed by atoms with Gasteiger partial charge in [0, 0.05) is 24.4 Å². The molecule has 21 heavy (non-hydrogen) atoms. The predicted octanol–water partition coefficient (Wildman–Crippen LogP) is 4.39. The molecule has 5 nitrogen and oxygen atoms in total. The third kappa shape index (κ3) is 4.51. The van der Waals surface area contributed by atoms with Crippen LogP contribution in [0.5, 0.6) is 5.75 Å². The van der Waals surface area contributed by atoms with Crippen molar-refractivity contribution < 1.29 is 9.66 Å². The summed E-state index contributed by atoms with van der Waals surface area (Å²) in [5, 5.41) is 14.6. The summed E-state index contributed by atoms with van der Waals surface area (Å²) in [6, 6.07) is 11.2. The summed E-state index contributed by atoms with van der Waals surface area (Å²) in [6.45, 7) is 0.979. The lowest BCUT2D eigenvalue weighted by Gasteiger charge is -2.09. The topological polar surface area (TPSA) is 64.4 Å². The van der Waals surface area contributed by atoms with Crippen molar-refractivity contribution in [2.24, 2.45) is 0 Å². The molecular weight excluding hydrogens is 315 g/mol. The second kappa shape index (κ2) is 7.15. The van der Waals surface area contributed by atoms with E-state index >= 15 is 0 Å². The van der Waals surface area contributed by atoms with Crippen LogP contribution in [0.25, 0.3) is 0 Å². The van der Waals surface area contributed by atoms with E-state index in [2.05, 4.69) is 5.32 Å². The lowest BCUT2D eigenvalue weighted by atomic mass is 10.3. The molecule has 0 unspecified atom stereocenters. The minimum absolute atomic E-state index is 0.0382. The fourth-order valence-electron chi connectivity index (χ4n) is 1.63. The average molecular weight is 327 g/mol. The molecule has 0 aliphatic heterocycles. The zero-order valence-electron chi connectivity index (χ0n) is 10.9. The van der Waals surface area contributed by atoms with Crippen molar-refractivity contribution in [2.45, 2.75) is 0 Å². The molecule has 0 aromatic heterocycles. The molecule has 0 amide bonds. The summed E-state index contributed by atoms with van der Waals surface area (Å²) in [7, 11) is 0.